The van der Waals surface area contributed by atoms with E-state index < -0.39 is 0 Å². The van der Waals surface area contributed by atoms with Crippen LogP contribution in [-0.4, -0.2) is 49.1 Å². The first-order chi connectivity index (χ1) is 17.1. The molecule has 0 unspecified atom stereocenters. The van der Waals surface area contributed by atoms with Crippen LogP contribution in [0.2, 0.25) is 0 Å². The molecule has 35 heavy (non-hydrogen) atoms. The molecule has 0 spiro atoms. The van der Waals surface area contributed by atoms with Gasteiger partial charge in [-0.05, 0) is 54.8 Å². The van der Waals surface area contributed by atoms with Gasteiger partial charge in [-0.2, -0.15) is 0 Å². The van der Waals surface area contributed by atoms with E-state index in [2.05, 4.69) is 27.7 Å². The number of benzene rings is 3. The zero-order valence-electron chi connectivity index (χ0n) is 20.2. The Morgan fingerprint density at radius 3 is 2.31 bits per heavy atom. The largest absolute Gasteiger partial charge is 0.457 e. The molecule has 2 atom stereocenters. The summed E-state index contributed by atoms with van der Waals surface area (Å²) in [5.41, 5.74) is 3.38. The van der Waals surface area contributed by atoms with Crippen molar-refractivity contribution < 1.29 is 14.3 Å². The average Bonchev–Trinajstić information content (AvgIpc) is 3.35. The summed E-state index contributed by atoms with van der Waals surface area (Å²) in [7, 11) is 0. The smallest absolute Gasteiger partial charge is 0.338 e. The van der Waals surface area contributed by atoms with Crippen LogP contribution in [0.25, 0.3) is 0 Å². The number of carbonyl (C=O) groups is 2. The number of rotatable bonds is 10. The first kappa shape index (κ1) is 24.5. The van der Waals surface area contributed by atoms with Crippen molar-refractivity contribution in [2.45, 2.75) is 31.9 Å². The Balaban J connectivity index is 1.38. The number of nitrogens with one attached hydrogen (secondary N) is 2. The quantitative estimate of drug-likeness (QED) is 0.411. The third kappa shape index (κ3) is 6.93. The Morgan fingerprint density at radius 1 is 0.943 bits per heavy atom. The van der Waals surface area contributed by atoms with Gasteiger partial charge in [-0.25, -0.2) is 4.79 Å². The molecule has 1 aliphatic heterocycles. The highest BCUT2D eigenvalue weighted by molar-refractivity contribution is 5.94. The molecule has 0 saturated carbocycles. The van der Waals surface area contributed by atoms with Gasteiger partial charge in [0.05, 0.1) is 11.6 Å². The summed E-state index contributed by atoms with van der Waals surface area (Å²) in [4.78, 5) is 27.0. The average molecular weight is 472 g/mol. The van der Waals surface area contributed by atoms with Gasteiger partial charge >= 0.3 is 5.97 Å². The minimum absolute atomic E-state index is 0.0498. The van der Waals surface area contributed by atoms with Crippen LogP contribution in [0, 0.1) is 0 Å². The molecule has 4 rings (SSSR count). The van der Waals surface area contributed by atoms with Crippen molar-refractivity contribution in [1.82, 2.24) is 10.2 Å². The Hall–Kier alpha value is -3.64. The monoisotopic (exact) mass is 471 g/mol. The Morgan fingerprint density at radius 2 is 1.63 bits per heavy atom. The van der Waals surface area contributed by atoms with Crippen LogP contribution in [0.4, 0.5) is 5.69 Å². The van der Waals surface area contributed by atoms with Gasteiger partial charge < -0.3 is 15.4 Å². The highest BCUT2D eigenvalue weighted by Crippen LogP contribution is 2.24. The Bertz CT molecular complexity index is 1090. The van der Waals surface area contributed by atoms with Crippen LogP contribution in [0.3, 0.4) is 0 Å². The van der Waals surface area contributed by atoms with E-state index in [-0.39, 0.29) is 24.0 Å². The van der Waals surface area contributed by atoms with Gasteiger partial charge in [0.1, 0.15) is 6.10 Å². The molecule has 1 amide bonds. The number of hydrogen-bond donors (Lipinski definition) is 2. The fraction of sp³-hybridized carbons (Fsp3) is 0.310. The molecular weight excluding hydrogens is 438 g/mol. The topological polar surface area (TPSA) is 70.7 Å². The second-order valence-electron chi connectivity index (χ2n) is 8.88. The summed E-state index contributed by atoms with van der Waals surface area (Å²) >= 11 is 0. The minimum atomic E-state index is -0.266. The van der Waals surface area contributed by atoms with Gasteiger partial charge in [0, 0.05) is 37.4 Å². The van der Waals surface area contributed by atoms with Gasteiger partial charge in [-0.3, -0.25) is 9.69 Å². The number of carbonyl (C=O) groups excluding carboxylic acids is 2. The highest BCUT2D eigenvalue weighted by atomic mass is 16.5. The first-order valence-electron chi connectivity index (χ1n) is 12.3. The highest BCUT2D eigenvalue weighted by Gasteiger charge is 2.28. The van der Waals surface area contributed by atoms with Crippen molar-refractivity contribution in [3.05, 3.63) is 102 Å². The molecule has 1 heterocycles. The van der Waals surface area contributed by atoms with E-state index in [0.717, 1.165) is 31.6 Å². The SMILES string of the molecule is CCCNC(=O)c1ccc(N[C@H](CN2CC[C@H](OC(=O)c3ccccc3)C2)c2ccccc2)cc1. The maximum atomic E-state index is 12.4. The van der Waals surface area contributed by atoms with Crippen LogP contribution in [0.5, 0.6) is 0 Å². The Labute approximate surface area is 207 Å². The molecule has 1 saturated heterocycles. The molecule has 1 aliphatic rings. The van der Waals surface area contributed by atoms with Crippen molar-refractivity contribution in [2.24, 2.45) is 0 Å². The minimum Gasteiger partial charge on any atom is -0.457 e. The predicted molar refractivity (Wildman–Crippen MR) is 139 cm³/mol. The van der Waals surface area contributed by atoms with Gasteiger partial charge in [0.15, 0.2) is 0 Å². The summed E-state index contributed by atoms with van der Waals surface area (Å²) in [6, 6.07) is 27.1. The van der Waals surface area contributed by atoms with Crippen molar-refractivity contribution in [3.63, 3.8) is 0 Å². The summed E-state index contributed by atoms with van der Waals surface area (Å²) in [5.74, 6) is -0.315. The first-order valence-corrected chi connectivity index (χ1v) is 12.3. The summed E-state index contributed by atoms with van der Waals surface area (Å²) < 4.78 is 5.76. The van der Waals surface area contributed by atoms with Gasteiger partial charge in [0.25, 0.3) is 5.91 Å². The van der Waals surface area contributed by atoms with Crippen LogP contribution >= 0.6 is 0 Å². The lowest BCUT2D eigenvalue weighted by Gasteiger charge is -2.26. The maximum Gasteiger partial charge on any atom is 0.338 e. The van der Waals surface area contributed by atoms with E-state index in [1.165, 1.54) is 5.56 Å². The van der Waals surface area contributed by atoms with Crippen LogP contribution in [0.15, 0.2) is 84.9 Å². The number of nitrogens with zero attached hydrogens (tertiary/aromatic N) is 1. The van der Waals surface area contributed by atoms with E-state index in [9.17, 15) is 9.59 Å². The molecule has 6 nitrogen and oxygen atoms in total. The maximum absolute atomic E-state index is 12.4. The van der Waals surface area contributed by atoms with Gasteiger partial charge in [-0.15, -0.1) is 0 Å². The normalized spacial score (nSPS) is 16.4. The molecule has 1 fully saturated rings. The van der Waals surface area contributed by atoms with E-state index >= 15 is 0 Å². The van der Waals surface area contributed by atoms with E-state index in [4.69, 9.17) is 4.74 Å². The Kier molecular flexibility index (Phi) is 8.52. The number of anilines is 1. The lowest BCUT2D eigenvalue weighted by Crippen LogP contribution is -2.31. The molecule has 182 valence electrons. The molecule has 6 heteroatoms. The number of hydrogen-bond acceptors (Lipinski definition) is 5. The van der Waals surface area contributed by atoms with Crippen LogP contribution < -0.4 is 10.6 Å². The fourth-order valence-electron chi connectivity index (χ4n) is 4.29. The zero-order valence-corrected chi connectivity index (χ0v) is 20.2. The lowest BCUT2D eigenvalue weighted by molar-refractivity contribution is 0.0321. The standard InChI is InChI=1S/C29H33N3O3/c1-2-18-30-28(33)23-13-15-25(16-14-23)31-27(22-9-5-3-6-10-22)21-32-19-17-26(20-32)35-29(34)24-11-7-4-8-12-24/h3-16,26-27,31H,2,17-21H2,1H3,(H,30,33)/t26-,27+/m0/s1. The molecule has 0 aromatic heterocycles. The number of esters is 1. The van der Waals surface area contributed by atoms with Crippen LogP contribution in [-0.2, 0) is 4.74 Å². The van der Waals surface area contributed by atoms with E-state index in [0.29, 0.717) is 24.2 Å². The summed E-state index contributed by atoms with van der Waals surface area (Å²) in [6.45, 7) is 5.07. The van der Waals surface area contributed by atoms with Crippen molar-refractivity contribution in [2.75, 3.05) is 31.5 Å². The lowest BCUT2D eigenvalue weighted by atomic mass is 10.1. The molecule has 3 aromatic carbocycles. The van der Waals surface area contributed by atoms with Gasteiger partial charge in [0.2, 0.25) is 0 Å². The second-order valence-corrected chi connectivity index (χ2v) is 8.88. The fourth-order valence-corrected chi connectivity index (χ4v) is 4.29. The molecule has 0 aliphatic carbocycles. The van der Waals surface area contributed by atoms with E-state index in [1.807, 2.05) is 67.6 Å². The van der Waals surface area contributed by atoms with Crippen molar-refractivity contribution in [1.29, 1.82) is 0 Å². The number of likely N-dealkylation sites (tertiary alicyclic amines) is 1. The number of amides is 1. The molecule has 3 aromatic rings. The third-order valence-electron chi connectivity index (χ3n) is 6.18. The van der Waals surface area contributed by atoms with E-state index in [1.54, 1.807) is 12.1 Å². The molecule has 0 radical (unpaired) electrons. The van der Waals surface area contributed by atoms with Crippen molar-refractivity contribution >= 4 is 17.6 Å². The molecule has 2 N–H and O–H groups in total. The molecular formula is C29H33N3O3. The molecule has 0 bridgehead atoms. The predicted octanol–water partition coefficient (Wildman–Crippen LogP) is 4.91. The summed E-state index contributed by atoms with van der Waals surface area (Å²) in [6.07, 6.45) is 1.62. The van der Waals surface area contributed by atoms with Crippen LogP contribution in [0.1, 0.15) is 52.1 Å². The van der Waals surface area contributed by atoms with Crippen molar-refractivity contribution in [3.8, 4) is 0 Å². The zero-order chi connectivity index (χ0) is 24.5. The second kappa shape index (κ2) is 12.2. The third-order valence-corrected chi connectivity index (χ3v) is 6.18. The van der Waals surface area contributed by atoms with Gasteiger partial charge in [-0.1, -0.05) is 55.5 Å². The summed E-state index contributed by atoms with van der Waals surface area (Å²) in [5, 5.41) is 6.54. The number of ether oxygens (including phenoxy) is 1.